The van der Waals surface area contributed by atoms with E-state index < -0.39 is 0 Å². The predicted molar refractivity (Wildman–Crippen MR) is 70.2 cm³/mol. The number of carbonyl (C=O) groups excluding carboxylic acids is 1. The molecule has 3 rings (SSSR count). The standard InChI is InChI=1S/C15H19NO2/c1-18-12-2-3-13-11(10-12)4-5-15(14(13)17)6-8-16-9-7-15/h2-3,10,16H,4-9H2,1H3. The van der Waals surface area contributed by atoms with Gasteiger partial charge in [-0.3, -0.25) is 4.79 Å². The van der Waals surface area contributed by atoms with Crippen molar-refractivity contribution < 1.29 is 9.53 Å². The molecule has 3 nitrogen and oxygen atoms in total. The molecule has 0 radical (unpaired) electrons. The maximum absolute atomic E-state index is 12.7. The lowest BCUT2D eigenvalue weighted by Crippen LogP contribution is -2.44. The molecule has 0 aromatic heterocycles. The zero-order chi connectivity index (χ0) is 12.6. The molecule has 0 bridgehead atoms. The maximum Gasteiger partial charge on any atom is 0.169 e. The number of fused-ring (bicyclic) bond motifs is 1. The lowest BCUT2D eigenvalue weighted by molar-refractivity contribution is 0.0685. The second kappa shape index (κ2) is 4.39. The van der Waals surface area contributed by atoms with Gasteiger partial charge < -0.3 is 10.1 Å². The quantitative estimate of drug-likeness (QED) is 0.824. The Morgan fingerprint density at radius 3 is 2.72 bits per heavy atom. The van der Waals surface area contributed by atoms with Gasteiger partial charge in [0, 0.05) is 11.0 Å². The number of aryl methyl sites for hydroxylation is 1. The van der Waals surface area contributed by atoms with E-state index in [0.29, 0.717) is 5.78 Å². The first kappa shape index (κ1) is 11.7. The lowest BCUT2D eigenvalue weighted by atomic mass is 9.65. The van der Waals surface area contributed by atoms with Gasteiger partial charge in [-0.05, 0) is 62.5 Å². The third-order valence-corrected chi connectivity index (χ3v) is 4.47. The highest BCUT2D eigenvalue weighted by atomic mass is 16.5. The minimum Gasteiger partial charge on any atom is -0.497 e. The lowest BCUT2D eigenvalue weighted by Gasteiger charge is -2.39. The Balaban J connectivity index is 1.96. The second-order valence-electron chi connectivity index (χ2n) is 5.38. The van der Waals surface area contributed by atoms with E-state index in [1.54, 1.807) is 7.11 Å². The summed E-state index contributed by atoms with van der Waals surface area (Å²) in [6.07, 6.45) is 3.96. The summed E-state index contributed by atoms with van der Waals surface area (Å²) in [4.78, 5) is 12.7. The van der Waals surface area contributed by atoms with Gasteiger partial charge in [0.25, 0.3) is 0 Å². The molecule has 1 N–H and O–H groups in total. The smallest absolute Gasteiger partial charge is 0.169 e. The summed E-state index contributed by atoms with van der Waals surface area (Å²) in [5.41, 5.74) is 1.99. The molecule has 2 aliphatic rings. The zero-order valence-electron chi connectivity index (χ0n) is 10.8. The third kappa shape index (κ3) is 1.74. The monoisotopic (exact) mass is 245 g/mol. The number of rotatable bonds is 1. The SMILES string of the molecule is COc1ccc2c(c1)CCC1(CCNCC1)C2=O. The van der Waals surface area contributed by atoms with Crippen LogP contribution in [0.15, 0.2) is 18.2 Å². The molecule has 1 saturated heterocycles. The number of nitrogens with one attached hydrogen (secondary N) is 1. The Morgan fingerprint density at radius 1 is 1.22 bits per heavy atom. The zero-order valence-corrected chi connectivity index (χ0v) is 10.8. The summed E-state index contributed by atoms with van der Waals surface area (Å²) in [5, 5.41) is 3.35. The summed E-state index contributed by atoms with van der Waals surface area (Å²) in [7, 11) is 1.67. The Bertz CT molecular complexity index is 475. The fraction of sp³-hybridized carbons (Fsp3) is 0.533. The first-order chi connectivity index (χ1) is 8.75. The minimum absolute atomic E-state index is 0.0904. The van der Waals surface area contributed by atoms with E-state index in [2.05, 4.69) is 5.32 Å². The minimum atomic E-state index is -0.0904. The molecule has 3 heteroatoms. The van der Waals surface area contributed by atoms with Crippen molar-refractivity contribution in [1.82, 2.24) is 5.32 Å². The van der Waals surface area contributed by atoms with Crippen molar-refractivity contribution in [3.8, 4) is 5.75 Å². The highest BCUT2D eigenvalue weighted by Gasteiger charge is 2.42. The van der Waals surface area contributed by atoms with Crippen LogP contribution in [0.3, 0.4) is 0 Å². The van der Waals surface area contributed by atoms with E-state index in [0.717, 1.165) is 55.6 Å². The summed E-state index contributed by atoms with van der Waals surface area (Å²) in [6, 6.07) is 5.86. The Labute approximate surface area is 108 Å². The van der Waals surface area contributed by atoms with Crippen LogP contribution >= 0.6 is 0 Å². The van der Waals surface area contributed by atoms with Crippen molar-refractivity contribution in [2.24, 2.45) is 5.41 Å². The largest absolute Gasteiger partial charge is 0.497 e. The summed E-state index contributed by atoms with van der Waals surface area (Å²) >= 11 is 0. The molecule has 0 unspecified atom stereocenters. The van der Waals surface area contributed by atoms with Crippen LogP contribution in [0.1, 0.15) is 35.2 Å². The Morgan fingerprint density at radius 2 is 2.00 bits per heavy atom. The molecule has 0 amide bonds. The maximum atomic E-state index is 12.7. The van der Waals surface area contributed by atoms with Gasteiger partial charge in [0.15, 0.2) is 5.78 Å². The van der Waals surface area contributed by atoms with Crippen LogP contribution in [0.2, 0.25) is 0 Å². The van der Waals surface area contributed by atoms with E-state index in [9.17, 15) is 4.79 Å². The van der Waals surface area contributed by atoms with Crippen LogP contribution in [0.5, 0.6) is 5.75 Å². The topological polar surface area (TPSA) is 38.3 Å². The fourth-order valence-corrected chi connectivity index (χ4v) is 3.28. The van der Waals surface area contributed by atoms with Crippen molar-refractivity contribution in [1.29, 1.82) is 0 Å². The number of piperidine rings is 1. The van der Waals surface area contributed by atoms with Crippen LogP contribution in [0.25, 0.3) is 0 Å². The number of ketones is 1. The first-order valence-electron chi connectivity index (χ1n) is 6.68. The highest BCUT2D eigenvalue weighted by Crippen LogP contribution is 2.42. The second-order valence-corrected chi connectivity index (χ2v) is 5.38. The van der Waals surface area contributed by atoms with Gasteiger partial charge in [-0.2, -0.15) is 0 Å². The molecule has 1 heterocycles. The van der Waals surface area contributed by atoms with Crippen molar-refractivity contribution in [3.05, 3.63) is 29.3 Å². The van der Waals surface area contributed by atoms with Crippen LogP contribution in [0.4, 0.5) is 0 Å². The molecule has 18 heavy (non-hydrogen) atoms. The fourth-order valence-electron chi connectivity index (χ4n) is 3.28. The Kier molecular flexibility index (Phi) is 2.86. The molecule has 0 saturated carbocycles. The average molecular weight is 245 g/mol. The number of Topliss-reactive ketones (excluding diaryl/α,β-unsaturated/α-hetero) is 1. The number of methoxy groups -OCH3 is 1. The number of carbonyl (C=O) groups is 1. The molecule has 1 aliphatic heterocycles. The van der Waals surface area contributed by atoms with E-state index in [1.807, 2.05) is 18.2 Å². The number of hydrogen-bond acceptors (Lipinski definition) is 3. The molecule has 1 aromatic carbocycles. The highest BCUT2D eigenvalue weighted by molar-refractivity contribution is 6.03. The summed E-state index contributed by atoms with van der Waals surface area (Å²) in [6.45, 7) is 1.94. The summed E-state index contributed by atoms with van der Waals surface area (Å²) in [5.74, 6) is 1.20. The molecule has 1 aromatic rings. The van der Waals surface area contributed by atoms with E-state index in [-0.39, 0.29) is 5.41 Å². The third-order valence-electron chi connectivity index (χ3n) is 4.47. The van der Waals surface area contributed by atoms with Crippen molar-refractivity contribution in [2.45, 2.75) is 25.7 Å². The van der Waals surface area contributed by atoms with Crippen LogP contribution in [0, 0.1) is 5.41 Å². The number of ether oxygens (including phenoxy) is 1. The van der Waals surface area contributed by atoms with Gasteiger partial charge in [-0.1, -0.05) is 0 Å². The molecule has 96 valence electrons. The molecule has 0 atom stereocenters. The van der Waals surface area contributed by atoms with Gasteiger partial charge >= 0.3 is 0 Å². The van der Waals surface area contributed by atoms with Gasteiger partial charge in [-0.25, -0.2) is 0 Å². The van der Waals surface area contributed by atoms with Crippen molar-refractivity contribution >= 4 is 5.78 Å². The summed E-state index contributed by atoms with van der Waals surface area (Å²) < 4.78 is 5.23. The van der Waals surface area contributed by atoms with E-state index in [1.165, 1.54) is 0 Å². The Hall–Kier alpha value is -1.35. The first-order valence-corrected chi connectivity index (χ1v) is 6.68. The van der Waals surface area contributed by atoms with Gasteiger partial charge in [0.05, 0.1) is 7.11 Å². The average Bonchev–Trinajstić information content (AvgIpc) is 2.44. The molecule has 1 aliphatic carbocycles. The molecular formula is C15H19NO2. The van der Waals surface area contributed by atoms with Gasteiger partial charge in [0.2, 0.25) is 0 Å². The molecular weight excluding hydrogens is 226 g/mol. The molecule has 1 fully saturated rings. The molecule has 1 spiro atoms. The van der Waals surface area contributed by atoms with Crippen LogP contribution < -0.4 is 10.1 Å². The van der Waals surface area contributed by atoms with Crippen LogP contribution in [-0.4, -0.2) is 26.0 Å². The van der Waals surface area contributed by atoms with Crippen molar-refractivity contribution in [3.63, 3.8) is 0 Å². The van der Waals surface area contributed by atoms with Gasteiger partial charge in [-0.15, -0.1) is 0 Å². The normalized spacial score (nSPS) is 21.7. The van der Waals surface area contributed by atoms with Gasteiger partial charge in [0.1, 0.15) is 5.75 Å². The van der Waals surface area contributed by atoms with Crippen LogP contribution in [-0.2, 0) is 6.42 Å². The van der Waals surface area contributed by atoms with Crippen molar-refractivity contribution in [2.75, 3.05) is 20.2 Å². The number of hydrogen-bond donors (Lipinski definition) is 1. The predicted octanol–water partition coefficient (Wildman–Crippen LogP) is 2.19. The van der Waals surface area contributed by atoms with E-state index >= 15 is 0 Å². The number of benzene rings is 1. The van der Waals surface area contributed by atoms with E-state index in [4.69, 9.17) is 4.74 Å².